The Hall–Kier alpha value is -0.870. The fourth-order valence-corrected chi connectivity index (χ4v) is 2.79. The Morgan fingerprint density at radius 2 is 1.81 bits per heavy atom. The lowest BCUT2D eigenvalue weighted by Crippen LogP contribution is -2.16. The van der Waals surface area contributed by atoms with Crippen LogP contribution in [-0.2, 0) is 9.84 Å². The highest BCUT2D eigenvalue weighted by atomic mass is 32.2. The fourth-order valence-electron chi connectivity index (χ4n) is 1.46. The summed E-state index contributed by atoms with van der Waals surface area (Å²) in [5.41, 5.74) is 6.65. The summed E-state index contributed by atoms with van der Waals surface area (Å²) in [5.74, 6) is 0.178. The van der Waals surface area contributed by atoms with Crippen LogP contribution in [0.3, 0.4) is 0 Å². The van der Waals surface area contributed by atoms with Gasteiger partial charge in [0, 0.05) is 6.04 Å². The van der Waals surface area contributed by atoms with Crippen molar-refractivity contribution in [3.05, 3.63) is 29.8 Å². The van der Waals surface area contributed by atoms with Gasteiger partial charge in [-0.15, -0.1) is 0 Å². The summed E-state index contributed by atoms with van der Waals surface area (Å²) >= 11 is 0. The molecule has 1 atom stereocenters. The SMILES string of the molecule is Cc1ccc(S(=O)(=O)CCCC(C)N)cc1. The molecule has 1 aromatic carbocycles. The molecule has 90 valence electrons. The number of hydrogen-bond acceptors (Lipinski definition) is 3. The molecule has 16 heavy (non-hydrogen) atoms. The highest BCUT2D eigenvalue weighted by Gasteiger charge is 2.13. The first kappa shape index (κ1) is 13.2. The summed E-state index contributed by atoms with van der Waals surface area (Å²) in [4.78, 5) is 0.405. The summed E-state index contributed by atoms with van der Waals surface area (Å²) in [6, 6.07) is 7.03. The minimum atomic E-state index is -3.13. The van der Waals surface area contributed by atoms with E-state index in [4.69, 9.17) is 5.73 Å². The normalized spacial score (nSPS) is 13.7. The molecule has 0 aromatic heterocycles. The molecule has 0 amide bonds. The molecule has 0 saturated carbocycles. The van der Waals surface area contributed by atoms with Crippen LogP contribution in [0.25, 0.3) is 0 Å². The largest absolute Gasteiger partial charge is 0.328 e. The van der Waals surface area contributed by atoms with Crippen molar-refractivity contribution in [3.63, 3.8) is 0 Å². The number of nitrogens with two attached hydrogens (primary N) is 1. The van der Waals surface area contributed by atoms with E-state index >= 15 is 0 Å². The molecule has 1 aromatic rings. The first-order valence-corrected chi connectivity index (χ1v) is 7.12. The first-order chi connectivity index (χ1) is 7.42. The van der Waals surface area contributed by atoms with Crippen molar-refractivity contribution >= 4 is 9.84 Å². The number of rotatable bonds is 5. The van der Waals surface area contributed by atoms with Crippen LogP contribution >= 0.6 is 0 Å². The molecule has 3 nitrogen and oxygen atoms in total. The van der Waals surface area contributed by atoms with E-state index in [0.717, 1.165) is 12.0 Å². The van der Waals surface area contributed by atoms with E-state index in [1.807, 2.05) is 26.0 Å². The van der Waals surface area contributed by atoms with Crippen LogP contribution in [0, 0.1) is 6.92 Å². The van der Waals surface area contributed by atoms with Crippen molar-refractivity contribution in [2.45, 2.75) is 37.6 Å². The van der Waals surface area contributed by atoms with Gasteiger partial charge in [-0.05, 0) is 38.8 Å². The lowest BCUT2D eigenvalue weighted by atomic mass is 10.2. The number of benzene rings is 1. The Morgan fingerprint density at radius 1 is 1.25 bits per heavy atom. The van der Waals surface area contributed by atoms with Gasteiger partial charge in [-0.1, -0.05) is 17.7 Å². The van der Waals surface area contributed by atoms with E-state index < -0.39 is 9.84 Å². The van der Waals surface area contributed by atoms with Gasteiger partial charge in [0.2, 0.25) is 0 Å². The van der Waals surface area contributed by atoms with Crippen LogP contribution in [0.15, 0.2) is 29.2 Å². The molecule has 0 aliphatic carbocycles. The highest BCUT2D eigenvalue weighted by molar-refractivity contribution is 7.91. The monoisotopic (exact) mass is 241 g/mol. The lowest BCUT2D eigenvalue weighted by Gasteiger charge is -2.06. The molecule has 4 heteroatoms. The lowest BCUT2D eigenvalue weighted by molar-refractivity contribution is 0.585. The third-order valence-corrected chi connectivity index (χ3v) is 4.27. The van der Waals surface area contributed by atoms with Gasteiger partial charge in [-0.3, -0.25) is 0 Å². The maximum absolute atomic E-state index is 11.9. The van der Waals surface area contributed by atoms with E-state index in [0.29, 0.717) is 11.3 Å². The fraction of sp³-hybridized carbons (Fsp3) is 0.500. The maximum Gasteiger partial charge on any atom is 0.178 e. The van der Waals surface area contributed by atoms with Crippen molar-refractivity contribution in [1.29, 1.82) is 0 Å². The van der Waals surface area contributed by atoms with Crippen molar-refractivity contribution < 1.29 is 8.42 Å². The Kier molecular flexibility index (Phi) is 4.50. The van der Waals surface area contributed by atoms with Crippen LogP contribution in [0.4, 0.5) is 0 Å². The van der Waals surface area contributed by atoms with Crippen LogP contribution in [0.2, 0.25) is 0 Å². The molecule has 0 saturated heterocycles. The van der Waals surface area contributed by atoms with Crippen LogP contribution in [-0.4, -0.2) is 20.2 Å². The molecule has 2 N–H and O–H groups in total. The van der Waals surface area contributed by atoms with E-state index in [9.17, 15) is 8.42 Å². The Bertz CT molecular complexity index is 421. The van der Waals surface area contributed by atoms with Gasteiger partial charge >= 0.3 is 0 Å². The number of sulfone groups is 1. The Morgan fingerprint density at radius 3 is 2.31 bits per heavy atom. The second-order valence-corrected chi connectivity index (χ2v) is 6.36. The summed E-state index contributed by atoms with van der Waals surface area (Å²) < 4.78 is 23.8. The van der Waals surface area contributed by atoms with Gasteiger partial charge in [0.1, 0.15) is 0 Å². The molecular weight excluding hydrogens is 222 g/mol. The molecule has 0 aliphatic rings. The number of aryl methyl sites for hydroxylation is 1. The van der Waals surface area contributed by atoms with Gasteiger partial charge in [0.15, 0.2) is 9.84 Å². The van der Waals surface area contributed by atoms with Crippen molar-refractivity contribution in [1.82, 2.24) is 0 Å². The van der Waals surface area contributed by atoms with Gasteiger partial charge in [0.25, 0.3) is 0 Å². The third kappa shape index (κ3) is 3.94. The molecule has 1 rings (SSSR count). The van der Waals surface area contributed by atoms with Gasteiger partial charge in [0.05, 0.1) is 10.6 Å². The average Bonchev–Trinajstić information content (AvgIpc) is 2.17. The molecule has 0 bridgehead atoms. The van der Waals surface area contributed by atoms with Crippen molar-refractivity contribution in [2.75, 3.05) is 5.75 Å². The second kappa shape index (κ2) is 5.46. The zero-order valence-electron chi connectivity index (χ0n) is 9.81. The standard InChI is InChI=1S/C12H19NO2S/c1-10-5-7-12(8-6-10)16(14,15)9-3-4-11(2)13/h5-8,11H,3-4,9,13H2,1-2H3. The van der Waals surface area contributed by atoms with Gasteiger partial charge in [-0.2, -0.15) is 0 Å². The average molecular weight is 241 g/mol. The molecule has 0 heterocycles. The molecule has 1 unspecified atom stereocenters. The zero-order chi connectivity index (χ0) is 12.2. The van der Waals surface area contributed by atoms with E-state index in [-0.39, 0.29) is 11.8 Å². The summed E-state index contributed by atoms with van der Waals surface area (Å²) in [6.45, 7) is 3.82. The molecule has 0 fully saturated rings. The molecule has 0 radical (unpaired) electrons. The predicted molar refractivity (Wildman–Crippen MR) is 66.1 cm³/mol. The van der Waals surface area contributed by atoms with Crippen molar-refractivity contribution in [3.8, 4) is 0 Å². The van der Waals surface area contributed by atoms with E-state index in [2.05, 4.69) is 0 Å². The molecule has 0 spiro atoms. The highest BCUT2D eigenvalue weighted by Crippen LogP contribution is 2.13. The molecule has 0 aliphatic heterocycles. The van der Waals surface area contributed by atoms with Gasteiger partial charge in [-0.25, -0.2) is 8.42 Å². The van der Waals surface area contributed by atoms with E-state index in [1.165, 1.54) is 0 Å². The third-order valence-electron chi connectivity index (χ3n) is 2.45. The Labute approximate surface area is 97.6 Å². The summed E-state index contributed by atoms with van der Waals surface area (Å²) in [6.07, 6.45) is 1.36. The quantitative estimate of drug-likeness (QED) is 0.856. The summed E-state index contributed by atoms with van der Waals surface area (Å²) in [7, 11) is -3.13. The zero-order valence-corrected chi connectivity index (χ0v) is 10.6. The predicted octanol–water partition coefficient (Wildman–Crippen LogP) is 1.90. The minimum absolute atomic E-state index is 0.0632. The molecular formula is C12H19NO2S. The van der Waals surface area contributed by atoms with Crippen LogP contribution in [0.1, 0.15) is 25.3 Å². The van der Waals surface area contributed by atoms with Crippen molar-refractivity contribution in [2.24, 2.45) is 5.73 Å². The van der Waals surface area contributed by atoms with Gasteiger partial charge < -0.3 is 5.73 Å². The topological polar surface area (TPSA) is 60.2 Å². The van der Waals surface area contributed by atoms with Crippen LogP contribution in [0.5, 0.6) is 0 Å². The Balaban J connectivity index is 2.67. The minimum Gasteiger partial charge on any atom is -0.328 e. The second-order valence-electron chi connectivity index (χ2n) is 4.25. The smallest absolute Gasteiger partial charge is 0.178 e. The van der Waals surface area contributed by atoms with Crippen LogP contribution < -0.4 is 5.73 Å². The van der Waals surface area contributed by atoms with E-state index in [1.54, 1.807) is 12.1 Å². The summed E-state index contributed by atoms with van der Waals surface area (Å²) in [5, 5.41) is 0. The maximum atomic E-state index is 11.9. The number of hydrogen-bond donors (Lipinski definition) is 1. The first-order valence-electron chi connectivity index (χ1n) is 5.47.